The Hall–Kier alpha value is -2.55. The molecule has 2 heterocycles. The van der Waals surface area contributed by atoms with Crippen molar-refractivity contribution in [2.24, 2.45) is 0 Å². The van der Waals surface area contributed by atoms with Crippen LogP contribution in [0.2, 0.25) is 0 Å². The summed E-state index contributed by atoms with van der Waals surface area (Å²) in [4.78, 5) is 14.6. The minimum absolute atomic E-state index is 0.0694. The SMILES string of the molecule is COc1cccc(F)c1F.Cc1[nH]c(C2CCC(C)O2)cc(=O)c1OC(F)F. The van der Waals surface area contributed by atoms with Crippen molar-refractivity contribution in [3.05, 3.63) is 57.5 Å². The summed E-state index contributed by atoms with van der Waals surface area (Å²) < 4.78 is 63.4. The fourth-order valence-corrected chi connectivity index (χ4v) is 2.78. The van der Waals surface area contributed by atoms with Crippen molar-refractivity contribution < 1.29 is 31.8 Å². The third-order valence-corrected chi connectivity index (χ3v) is 4.10. The summed E-state index contributed by atoms with van der Waals surface area (Å²) in [5, 5.41) is 0. The maximum atomic E-state index is 12.5. The molecule has 1 aliphatic heterocycles. The monoisotopic (exact) mass is 403 g/mol. The van der Waals surface area contributed by atoms with Crippen LogP contribution in [0.15, 0.2) is 29.1 Å². The van der Waals surface area contributed by atoms with Gasteiger partial charge in [0, 0.05) is 11.8 Å². The zero-order chi connectivity index (χ0) is 20.8. The van der Waals surface area contributed by atoms with Crippen LogP contribution in [-0.4, -0.2) is 24.8 Å². The molecule has 154 valence electrons. The molecule has 0 aliphatic carbocycles. The molecule has 9 heteroatoms. The predicted molar refractivity (Wildman–Crippen MR) is 93.9 cm³/mol. The number of H-pyrrole nitrogens is 1. The Balaban J connectivity index is 0.000000237. The zero-order valence-corrected chi connectivity index (χ0v) is 15.6. The molecule has 3 rings (SSSR count). The quantitative estimate of drug-likeness (QED) is 0.764. The molecule has 2 aromatic rings. The van der Waals surface area contributed by atoms with Crippen molar-refractivity contribution >= 4 is 0 Å². The van der Waals surface area contributed by atoms with E-state index in [0.717, 1.165) is 18.9 Å². The van der Waals surface area contributed by atoms with Crippen molar-refractivity contribution in [1.29, 1.82) is 0 Å². The first-order valence-electron chi connectivity index (χ1n) is 8.55. The molecule has 28 heavy (non-hydrogen) atoms. The number of aromatic nitrogens is 1. The third-order valence-electron chi connectivity index (χ3n) is 4.10. The number of pyridine rings is 1. The molecule has 1 aliphatic rings. The Morgan fingerprint density at radius 2 is 1.96 bits per heavy atom. The van der Waals surface area contributed by atoms with E-state index < -0.39 is 23.7 Å². The van der Waals surface area contributed by atoms with Gasteiger partial charge in [0.25, 0.3) is 0 Å². The summed E-state index contributed by atoms with van der Waals surface area (Å²) in [7, 11) is 1.29. The zero-order valence-electron chi connectivity index (χ0n) is 15.6. The predicted octanol–water partition coefficient (Wildman–Crippen LogP) is 4.50. The van der Waals surface area contributed by atoms with E-state index in [-0.39, 0.29) is 23.7 Å². The normalized spacial score (nSPS) is 18.6. The van der Waals surface area contributed by atoms with Crippen LogP contribution < -0.4 is 14.9 Å². The second-order valence-electron chi connectivity index (χ2n) is 6.19. The van der Waals surface area contributed by atoms with E-state index >= 15 is 0 Å². The Bertz CT molecular complexity index is 856. The molecule has 2 unspecified atom stereocenters. The highest BCUT2D eigenvalue weighted by atomic mass is 19.3. The molecular formula is C19H21F4NO4. The Morgan fingerprint density at radius 1 is 1.25 bits per heavy atom. The highest BCUT2D eigenvalue weighted by Crippen LogP contribution is 2.31. The van der Waals surface area contributed by atoms with Gasteiger partial charge >= 0.3 is 6.61 Å². The number of hydrogen-bond donors (Lipinski definition) is 1. The Morgan fingerprint density at radius 3 is 2.46 bits per heavy atom. The first kappa shape index (κ1) is 21.7. The second-order valence-corrected chi connectivity index (χ2v) is 6.19. The van der Waals surface area contributed by atoms with Crippen LogP contribution in [0.4, 0.5) is 17.6 Å². The van der Waals surface area contributed by atoms with Crippen LogP contribution in [0.1, 0.15) is 37.3 Å². The number of alkyl halides is 2. The van der Waals surface area contributed by atoms with Crippen LogP contribution in [0.5, 0.6) is 11.5 Å². The van der Waals surface area contributed by atoms with E-state index in [1.54, 1.807) is 0 Å². The van der Waals surface area contributed by atoms with Gasteiger partial charge in [-0.25, -0.2) is 4.39 Å². The molecule has 1 fully saturated rings. The van der Waals surface area contributed by atoms with Crippen LogP contribution in [0, 0.1) is 18.6 Å². The summed E-state index contributed by atoms with van der Waals surface area (Å²) in [6, 6.07) is 5.06. The Kier molecular flexibility index (Phi) is 7.45. The number of aromatic amines is 1. The van der Waals surface area contributed by atoms with E-state index in [1.807, 2.05) is 6.92 Å². The van der Waals surface area contributed by atoms with Crippen molar-refractivity contribution in [3.8, 4) is 11.5 Å². The molecule has 2 atom stereocenters. The molecule has 0 amide bonds. The molecule has 1 saturated heterocycles. The second kappa shape index (κ2) is 9.59. The number of nitrogens with one attached hydrogen (secondary N) is 1. The van der Waals surface area contributed by atoms with Crippen molar-refractivity contribution in [2.75, 3.05) is 7.11 Å². The van der Waals surface area contributed by atoms with Crippen LogP contribution in [0.3, 0.4) is 0 Å². The van der Waals surface area contributed by atoms with Gasteiger partial charge in [-0.05, 0) is 38.8 Å². The standard InChI is InChI=1S/C12H15F2NO3.C7H6F2O/c1-6-3-4-10(17-6)8-5-9(16)11(7(2)15-8)18-12(13)14;1-10-6-4-2-3-5(8)7(6)9/h5-6,10,12H,3-4H2,1-2H3,(H,15,16);2-4H,1H3. The molecule has 0 spiro atoms. The lowest BCUT2D eigenvalue weighted by molar-refractivity contribution is -0.0513. The summed E-state index contributed by atoms with van der Waals surface area (Å²) >= 11 is 0. The molecule has 1 aromatic carbocycles. The van der Waals surface area contributed by atoms with Crippen molar-refractivity contribution in [2.45, 2.75) is 45.5 Å². The smallest absolute Gasteiger partial charge is 0.387 e. The number of hydrogen-bond acceptors (Lipinski definition) is 4. The lowest BCUT2D eigenvalue weighted by Gasteiger charge is -2.14. The van der Waals surface area contributed by atoms with Gasteiger partial charge in [-0.2, -0.15) is 13.2 Å². The van der Waals surface area contributed by atoms with Gasteiger partial charge in [-0.15, -0.1) is 0 Å². The molecule has 5 nitrogen and oxygen atoms in total. The maximum absolute atomic E-state index is 12.5. The number of halogens is 4. The van der Waals surface area contributed by atoms with E-state index in [9.17, 15) is 22.4 Å². The van der Waals surface area contributed by atoms with Gasteiger partial charge in [0.15, 0.2) is 17.3 Å². The lowest BCUT2D eigenvalue weighted by Crippen LogP contribution is -2.16. The summed E-state index contributed by atoms with van der Waals surface area (Å²) in [6.07, 6.45) is 1.70. The first-order valence-corrected chi connectivity index (χ1v) is 8.55. The van der Waals surface area contributed by atoms with Crippen molar-refractivity contribution in [3.63, 3.8) is 0 Å². The van der Waals surface area contributed by atoms with Gasteiger partial charge < -0.3 is 19.2 Å². The summed E-state index contributed by atoms with van der Waals surface area (Å²) in [5.41, 5.74) is 0.356. The average molecular weight is 403 g/mol. The largest absolute Gasteiger partial charge is 0.494 e. The number of ether oxygens (including phenoxy) is 3. The fourth-order valence-electron chi connectivity index (χ4n) is 2.78. The van der Waals surface area contributed by atoms with Gasteiger partial charge in [0.2, 0.25) is 11.2 Å². The van der Waals surface area contributed by atoms with Crippen LogP contribution in [-0.2, 0) is 4.74 Å². The molecule has 0 saturated carbocycles. The van der Waals surface area contributed by atoms with Gasteiger partial charge in [-0.1, -0.05) is 6.07 Å². The molecule has 1 aromatic heterocycles. The van der Waals surface area contributed by atoms with Gasteiger partial charge in [-0.3, -0.25) is 4.79 Å². The molecule has 0 bridgehead atoms. The number of methoxy groups -OCH3 is 1. The first-order chi connectivity index (χ1) is 13.2. The summed E-state index contributed by atoms with van der Waals surface area (Å²) in [6.45, 7) is 0.485. The van der Waals surface area contributed by atoms with E-state index in [1.165, 1.54) is 32.2 Å². The number of rotatable bonds is 4. The minimum atomic E-state index is -3.00. The van der Waals surface area contributed by atoms with E-state index in [4.69, 9.17) is 4.74 Å². The Labute approximate surface area is 159 Å². The molecule has 1 N–H and O–H groups in total. The van der Waals surface area contributed by atoms with Gasteiger partial charge in [0.1, 0.15) is 0 Å². The fraction of sp³-hybridized carbons (Fsp3) is 0.421. The molecule has 0 radical (unpaired) electrons. The van der Waals surface area contributed by atoms with E-state index in [2.05, 4.69) is 14.5 Å². The topological polar surface area (TPSA) is 60.5 Å². The maximum Gasteiger partial charge on any atom is 0.387 e. The highest BCUT2D eigenvalue weighted by Gasteiger charge is 2.25. The average Bonchev–Trinajstić information content (AvgIpc) is 3.07. The minimum Gasteiger partial charge on any atom is -0.494 e. The number of benzene rings is 1. The summed E-state index contributed by atoms with van der Waals surface area (Å²) in [5.74, 6) is -2.23. The molecular weight excluding hydrogens is 382 g/mol. The van der Waals surface area contributed by atoms with Crippen LogP contribution in [0.25, 0.3) is 0 Å². The number of aryl methyl sites for hydroxylation is 1. The van der Waals surface area contributed by atoms with Crippen molar-refractivity contribution in [1.82, 2.24) is 4.98 Å². The highest BCUT2D eigenvalue weighted by molar-refractivity contribution is 5.29. The lowest BCUT2D eigenvalue weighted by atomic mass is 10.1. The van der Waals surface area contributed by atoms with Gasteiger partial charge in [0.05, 0.1) is 25.0 Å². The van der Waals surface area contributed by atoms with Crippen LogP contribution >= 0.6 is 0 Å². The van der Waals surface area contributed by atoms with E-state index in [0.29, 0.717) is 11.4 Å². The third kappa shape index (κ3) is 5.48.